The van der Waals surface area contributed by atoms with Crippen LogP contribution in [0.15, 0.2) is 30.5 Å². The van der Waals surface area contributed by atoms with Gasteiger partial charge in [0.25, 0.3) is 5.91 Å². The van der Waals surface area contributed by atoms with Crippen LogP contribution >= 0.6 is 22.9 Å². The van der Waals surface area contributed by atoms with Crippen LogP contribution in [0.4, 0.5) is 5.13 Å². The molecule has 1 heterocycles. The van der Waals surface area contributed by atoms with Gasteiger partial charge in [0, 0.05) is 10.6 Å². The molecule has 0 aliphatic rings. The van der Waals surface area contributed by atoms with Gasteiger partial charge in [0.15, 0.2) is 5.13 Å². The highest BCUT2D eigenvalue weighted by Gasteiger charge is 2.13. The van der Waals surface area contributed by atoms with Gasteiger partial charge in [0.2, 0.25) is 0 Å². The molecule has 7 heteroatoms. The number of hydrogen-bond donors (Lipinski definition) is 1. The number of thiazole rings is 1. The average molecular weight is 297 g/mol. The fourth-order valence-electron chi connectivity index (χ4n) is 1.33. The van der Waals surface area contributed by atoms with Crippen LogP contribution < -0.4 is 5.32 Å². The lowest BCUT2D eigenvalue weighted by atomic mass is 10.2. The zero-order chi connectivity index (χ0) is 13.8. The summed E-state index contributed by atoms with van der Waals surface area (Å²) in [5.41, 5.74) is 0.419. The maximum atomic E-state index is 11.9. The summed E-state index contributed by atoms with van der Waals surface area (Å²) in [7, 11) is 1.28. The van der Waals surface area contributed by atoms with E-state index in [0.29, 0.717) is 20.6 Å². The molecule has 0 spiro atoms. The van der Waals surface area contributed by atoms with E-state index in [9.17, 15) is 9.59 Å². The van der Waals surface area contributed by atoms with Gasteiger partial charge in [-0.15, -0.1) is 0 Å². The van der Waals surface area contributed by atoms with Crippen molar-refractivity contribution in [2.24, 2.45) is 0 Å². The largest absolute Gasteiger partial charge is 0.465 e. The molecule has 0 radical (unpaired) electrons. The molecule has 0 aliphatic heterocycles. The Kier molecular flexibility index (Phi) is 4.13. The van der Waals surface area contributed by atoms with Gasteiger partial charge in [0.1, 0.15) is 4.88 Å². The van der Waals surface area contributed by atoms with Crippen LogP contribution in [0.5, 0.6) is 0 Å². The van der Waals surface area contributed by atoms with Crippen LogP contribution in [0.25, 0.3) is 0 Å². The highest BCUT2D eigenvalue weighted by molar-refractivity contribution is 7.17. The molecule has 0 unspecified atom stereocenters. The standard InChI is InChI=1S/C12H9ClN2O3S/c1-18-11(17)9-6-14-12(19-9)15-10(16)7-3-2-4-8(13)5-7/h2-6H,1H3,(H,14,15,16). The van der Waals surface area contributed by atoms with Crippen molar-refractivity contribution in [2.75, 3.05) is 12.4 Å². The molecule has 2 aromatic rings. The number of carbonyl (C=O) groups is 2. The Morgan fingerprint density at radius 3 is 2.89 bits per heavy atom. The Labute approximate surface area is 118 Å². The molecular weight excluding hydrogens is 288 g/mol. The van der Waals surface area contributed by atoms with E-state index in [2.05, 4.69) is 15.0 Å². The maximum Gasteiger partial charge on any atom is 0.349 e. The molecule has 1 amide bonds. The van der Waals surface area contributed by atoms with Crippen molar-refractivity contribution in [2.45, 2.75) is 0 Å². The summed E-state index contributed by atoms with van der Waals surface area (Å²) < 4.78 is 4.56. The van der Waals surface area contributed by atoms with Gasteiger partial charge >= 0.3 is 5.97 Å². The summed E-state index contributed by atoms with van der Waals surface area (Å²) in [6.07, 6.45) is 1.35. The van der Waals surface area contributed by atoms with Crippen LogP contribution in [-0.2, 0) is 4.74 Å². The first-order valence-corrected chi connectivity index (χ1v) is 6.40. The van der Waals surface area contributed by atoms with Crippen LogP contribution in [0.2, 0.25) is 5.02 Å². The van der Waals surface area contributed by atoms with Crippen molar-refractivity contribution < 1.29 is 14.3 Å². The van der Waals surface area contributed by atoms with Gasteiger partial charge in [0.05, 0.1) is 13.3 Å². The number of carbonyl (C=O) groups excluding carboxylic acids is 2. The molecule has 0 bridgehead atoms. The summed E-state index contributed by atoms with van der Waals surface area (Å²) in [5.74, 6) is -0.825. The van der Waals surface area contributed by atoms with Gasteiger partial charge in [-0.1, -0.05) is 29.0 Å². The SMILES string of the molecule is COC(=O)c1cnc(NC(=O)c2cccc(Cl)c2)s1. The van der Waals surface area contributed by atoms with Crippen molar-refractivity contribution in [3.8, 4) is 0 Å². The van der Waals surface area contributed by atoms with Crippen LogP contribution in [0.1, 0.15) is 20.0 Å². The molecule has 0 saturated heterocycles. The van der Waals surface area contributed by atoms with E-state index >= 15 is 0 Å². The molecule has 0 aliphatic carbocycles. The van der Waals surface area contributed by atoms with Crippen molar-refractivity contribution >= 4 is 39.9 Å². The van der Waals surface area contributed by atoms with Crippen molar-refractivity contribution in [3.05, 3.63) is 45.9 Å². The van der Waals surface area contributed by atoms with E-state index in [-0.39, 0.29) is 5.91 Å². The molecule has 1 aromatic heterocycles. The van der Waals surface area contributed by atoms with Gasteiger partial charge in [-0.2, -0.15) is 0 Å². The summed E-state index contributed by atoms with van der Waals surface area (Å²) in [5, 5.41) is 3.39. The third-order valence-electron chi connectivity index (χ3n) is 2.20. The topological polar surface area (TPSA) is 68.3 Å². The van der Waals surface area contributed by atoms with Crippen molar-refractivity contribution in [3.63, 3.8) is 0 Å². The van der Waals surface area contributed by atoms with Gasteiger partial charge in [-0.05, 0) is 18.2 Å². The van der Waals surface area contributed by atoms with E-state index in [4.69, 9.17) is 11.6 Å². The number of esters is 1. The Balaban J connectivity index is 2.11. The molecule has 98 valence electrons. The Morgan fingerprint density at radius 2 is 2.21 bits per heavy atom. The minimum atomic E-state index is -0.485. The minimum absolute atomic E-state index is 0.323. The maximum absolute atomic E-state index is 11.9. The van der Waals surface area contributed by atoms with Gasteiger partial charge in [-0.25, -0.2) is 9.78 Å². The monoisotopic (exact) mass is 296 g/mol. The van der Waals surface area contributed by atoms with Gasteiger partial charge in [-0.3, -0.25) is 10.1 Å². The quantitative estimate of drug-likeness (QED) is 0.884. The first-order chi connectivity index (χ1) is 9.10. The second-order valence-corrected chi connectivity index (χ2v) is 4.95. The molecule has 1 N–H and O–H groups in total. The van der Waals surface area contributed by atoms with Crippen molar-refractivity contribution in [1.82, 2.24) is 4.98 Å². The number of aromatic nitrogens is 1. The molecule has 0 atom stereocenters. The first-order valence-electron chi connectivity index (χ1n) is 5.21. The van der Waals surface area contributed by atoms with Crippen LogP contribution in [0, 0.1) is 0 Å². The number of amides is 1. The number of ether oxygens (including phenoxy) is 1. The fourth-order valence-corrected chi connectivity index (χ4v) is 2.25. The summed E-state index contributed by atoms with van der Waals surface area (Å²) in [6, 6.07) is 6.54. The minimum Gasteiger partial charge on any atom is -0.465 e. The number of halogens is 1. The second-order valence-electron chi connectivity index (χ2n) is 3.49. The smallest absolute Gasteiger partial charge is 0.349 e. The second kappa shape index (κ2) is 5.81. The predicted molar refractivity (Wildman–Crippen MR) is 72.9 cm³/mol. The molecule has 5 nitrogen and oxygen atoms in total. The number of methoxy groups -OCH3 is 1. The highest BCUT2D eigenvalue weighted by Crippen LogP contribution is 2.20. The third-order valence-corrected chi connectivity index (χ3v) is 3.33. The Morgan fingerprint density at radius 1 is 1.42 bits per heavy atom. The normalized spacial score (nSPS) is 10.0. The molecule has 2 rings (SSSR count). The number of benzene rings is 1. The van der Waals surface area contributed by atoms with E-state index < -0.39 is 5.97 Å². The van der Waals surface area contributed by atoms with Gasteiger partial charge < -0.3 is 4.74 Å². The fraction of sp³-hybridized carbons (Fsp3) is 0.0833. The summed E-state index contributed by atoms with van der Waals surface area (Å²) in [4.78, 5) is 27.4. The molecule has 1 aromatic carbocycles. The zero-order valence-electron chi connectivity index (χ0n) is 9.84. The molecule has 0 saturated carbocycles. The average Bonchev–Trinajstić information content (AvgIpc) is 2.86. The Bertz CT molecular complexity index is 627. The van der Waals surface area contributed by atoms with E-state index in [1.165, 1.54) is 13.3 Å². The number of nitrogens with one attached hydrogen (secondary N) is 1. The Hall–Kier alpha value is -1.92. The lowest BCUT2D eigenvalue weighted by Crippen LogP contribution is -2.11. The molecular formula is C12H9ClN2O3S. The van der Waals surface area contributed by atoms with Crippen LogP contribution in [0.3, 0.4) is 0 Å². The first kappa shape index (κ1) is 13.5. The number of anilines is 1. The zero-order valence-corrected chi connectivity index (χ0v) is 11.4. The van der Waals surface area contributed by atoms with Crippen molar-refractivity contribution in [1.29, 1.82) is 0 Å². The third kappa shape index (κ3) is 3.30. The van der Waals surface area contributed by atoms with E-state index in [1.54, 1.807) is 24.3 Å². The summed E-state index contributed by atoms with van der Waals surface area (Å²) >= 11 is 6.84. The molecule has 19 heavy (non-hydrogen) atoms. The predicted octanol–water partition coefficient (Wildman–Crippen LogP) is 2.84. The van der Waals surface area contributed by atoms with E-state index in [0.717, 1.165) is 11.3 Å². The lowest BCUT2D eigenvalue weighted by Gasteiger charge is -2.01. The van der Waals surface area contributed by atoms with E-state index in [1.807, 2.05) is 0 Å². The lowest BCUT2D eigenvalue weighted by molar-refractivity contribution is 0.0606. The van der Waals surface area contributed by atoms with Crippen LogP contribution in [-0.4, -0.2) is 24.0 Å². The number of hydrogen-bond acceptors (Lipinski definition) is 5. The number of nitrogens with zero attached hydrogens (tertiary/aromatic N) is 1. The number of rotatable bonds is 3. The summed E-state index contributed by atoms with van der Waals surface area (Å²) in [6.45, 7) is 0. The highest BCUT2D eigenvalue weighted by atomic mass is 35.5. The molecule has 0 fully saturated rings.